The van der Waals surface area contributed by atoms with E-state index in [0.29, 0.717) is 22.6 Å². The van der Waals surface area contributed by atoms with Crippen molar-refractivity contribution in [1.29, 1.82) is 0 Å². The van der Waals surface area contributed by atoms with Crippen molar-refractivity contribution < 1.29 is 9.18 Å². The lowest BCUT2D eigenvalue weighted by atomic mass is 10.0. The van der Waals surface area contributed by atoms with Crippen molar-refractivity contribution in [2.24, 2.45) is 0 Å². The van der Waals surface area contributed by atoms with Gasteiger partial charge in [-0.3, -0.25) is 9.20 Å². The van der Waals surface area contributed by atoms with Crippen molar-refractivity contribution in [1.82, 2.24) is 14.7 Å². The molecule has 0 unspecified atom stereocenters. The predicted octanol–water partition coefficient (Wildman–Crippen LogP) is 4.56. The molecule has 1 saturated carbocycles. The zero-order valence-corrected chi connectivity index (χ0v) is 15.1. The number of benzene rings is 2. The van der Waals surface area contributed by atoms with Crippen molar-refractivity contribution in [3.8, 4) is 11.4 Å². The van der Waals surface area contributed by atoms with Crippen LogP contribution in [0, 0.1) is 5.82 Å². The number of halogens is 1. The van der Waals surface area contributed by atoms with Crippen LogP contribution in [0.4, 0.5) is 4.39 Å². The largest absolute Gasteiger partial charge is 0.341 e. The molecule has 1 aliphatic rings. The summed E-state index contributed by atoms with van der Waals surface area (Å²) in [6.07, 6.45) is 3.59. The maximum absolute atomic E-state index is 14.4. The molecule has 0 aliphatic heterocycles. The van der Waals surface area contributed by atoms with Crippen LogP contribution < -0.4 is 5.32 Å². The second-order valence-electron chi connectivity index (χ2n) is 7.12. The van der Waals surface area contributed by atoms with Gasteiger partial charge in [-0.25, -0.2) is 9.37 Å². The fourth-order valence-corrected chi connectivity index (χ4v) is 3.68. The van der Waals surface area contributed by atoms with E-state index in [2.05, 4.69) is 10.3 Å². The molecule has 5 heteroatoms. The molecule has 1 N–H and O–H groups in total. The molecule has 0 saturated heterocycles. The van der Waals surface area contributed by atoms with Gasteiger partial charge in [-0.1, -0.05) is 48.5 Å². The highest BCUT2D eigenvalue weighted by Crippen LogP contribution is 2.45. The van der Waals surface area contributed by atoms with E-state index >= 15 is 0 Å². The van der Waals surface area contributed by atoms with Crippen LogP contribution in [0.3, 0.4) is 0 Å². The number of carbonyl (C=O) groups excluding carboxylic acids is 1. The fraction of sp³-hybridized carbons (Fsp3) is 0.130. The molecule has 1 amide bonds. The van der Waals surface area contributed by atoms with E-state index in [9.17, 15) is 9.18 Å². The molecule has 1 aliphatic carbocycles. The van der Waals surface area contributed by atoms with Crippen LogP contribution in [0.1, 0.15) is 28.9 Å². The lowest BCUT2D eigenvalue weighted by Crippen LogP contribution is -2.35. The lowest BCUT2D eigenvalue weighted by Gasteiger charge is -2.17. The summed E-state index contributed by atoms with van der Waals surface area (Å²) >= 11 is 0. The first-order valence-electron chi connectivity index (χ1n) is 9.28. The highest BCUT2D eigenvalue weighted by molar-refractivity contribution is 6.00. The number of amides is 1. The molecule has 2 aromatic carbocycles. The molecule has 4 nitrogen and oxygen atoms in total. The topological polar surface area (TPSA) is 46.4 Å². The van der Waals surface area contributed by atoms with Crippen LogP contribution in [0.5, 0.6) is 0 Å². The number of nitrogens with zero attached hydrogens (tertiary/aromatic N) is 2. The molecule has 2 heterocycles. The zero-order valence-electron chi connectivity index (χ0n) is 15.1. The van der Waals surface area contributed by atoms with Crippen LogP contribution in [-0.4, -0.2) is 15.3 Å². The van der Waals surface area contributed by atoms with Crippen molar-refractivity contribution in [2.45, 2.75) is 18.4 Å². The van der Waals surface area contributed by atoms with Gasteiger partial charge in [0.15, 0.2) is 5.69 Å². The van der Waals surface area contributed by atoms with Gasteiger partial charge >= 0.3 is 0 Å². The summed E-state index contributed by atoms with van der Waals surface area (Å²) in [5.41, 5.74) is 2.10. The predicted molar refractivity (Wildman–Crippen MR) is 105 cm³/mol. The minimum Gasteiger partial charge on any atom is -0.341 e. The van der Waals surface area contributed by atoms with Crippen molar-refractivity contribution in [3.63, 3.8) is 0 Å². The van der Waals surface area contributed by atoms with Crippen LogP contribution >= 0.6 is 0 Å². The summed E-state index contributed by atoms with van der Waals surface area (Å²) in [5, 5.41) is 3.16. The van der Waals surface area contributed by atoms with E-state index < -0.39 is 0 Å². The zero-order chi connectivity index (χ0) is 19.1. The molecule has 2 aromatic heterocycles. The molecule has 0 bridgehead atoms. The number of imidazole rings is 1. The standard InChI is InChI=1S/C23H18FN3O/c24-18-11-5-4-10-17(18)21-25-20(19-12-6-7-15-27(19)21)22(28)26-23(13-14-23)16-8-2-1-3-9-16/h1-12,15H,13-14H2,(H,26,28). The number of carbonyl (C=O) groups is 1. The fourth-order valence-electron chi connectivity index (χ4n) is 3.68. The van der Waals surface area contributed by atoms with E-state index in [1.165, 1.54) is 6.07 Å². The summed E-state index contributed by atoms with van der Waals surface area (Å²) in [4.78, 5) is 17.7. The third-order valence-corrected chi connectivity index (χ3v) is 5.31. The third-order valence-electron chi connectivity index (χ3n) is 5.31. The average Bonchev–Trinajstić information content (AvgIpc) is 3.41. The Morgan fingerprint density at radius 3 is 2.43 bits per heavy atom. The van der Waals surface area contributed by atoms with Gasteiger partial charge in [0.05, 0.1) is 16.6 Å². The van der Waals surface area contributed by atoms with Gasteiger partial charge < -0.3 is 5.32 Å². The number of hydrogen-bond acceptors (Lipinski definition) is 2. The summed E-state index contributed by atoms with van der Waals surface area (Å²) < 4.78 is 16.1. The first-order valence-corrected chi connectivity index (χ1v) is 9.28. The lowest BCUT2D eigenvalue weighted by molar-refractivity contribution is 0.0928. The van der Waals surface area contributed by atoms with Gasteiger partial charge in [0.1, 0.15) is 11.6 Å². The van der Waals surface area contributed by atoms with Gasteiger partial charge in [0.2, 0.25) is 0 Å². The van der Waals surface area contributed by atoms with Gasteiger partial charge in [-0.05, 0) is 42.7 Å². The van der Waals surface area contributed by atoms with E-state index in [0.717, 1.165) is 18.4 Å². The van der Waals surface area contributed by atoms with E-state index in [1.54, 1.807) is 28.8 Å². The summed E-state index contributed by atoms with van der Waals surface area (Å²) in [7, 11) is 0. The maximum Gasteiger partial charge on any atom is 0.272 e. The Labute approximate surface area is 161 Å². The molecule has 0 radical (unpaired) electrons. The second-order valence-corrected chi connectivity index (χ2v) is 7.12. The highest BCUT2D eigenvalue weighted by Gasteiger charge is 2.46. The van der Waals surface area contributed by atoms with Gasteiger partial charge in [-0.2, -0.15) is 0 Å². The highest BCUT2D eigenvalue weighted by atomic mass is 19.1. The Bertz CT molecular complexity index is 1180. The Balaban J connectivity index is 1.57. The number of fused-ring (bicyclic) bond motifs is 1. The van der Waals surface area contributed by atoms with Gasteiger partial charge in [-0.15, -0.1) is 0 Å². The minimum absolute atomic E-state index is 0.243. The van der Waals surface area contributed by atoms with Crippen LogP contribution in [0.2, 0.25) is 0 Å². The SMILES string of the molecule is O=C(NC1(c2ccccc2)CC1)c1nc(-c2ccccc2F)n2ccccc12. The average molecular weight is 371 g/mol. The van der Waals surface area contributed by atoms with Crippen LogP contribution in [0.25, 0.3) is 16.9 Å². The molecule has 1 fully saturated rings. The maximum atomic E-state index is 14.4. The van der Waals surface area contributed by atoms with Crippen molar-refractivity contribution >= 4 is 11.4 Å². The van der Waals surface area contributed by atoms with E-state index in [1.807, 2.05) is 48.5 Å². The minimum atomic E-state index is -0.367. The molecule has 4 aromatic rings. The molecular weight excluding hydrogens is 353 g/mol. The molecule has 5 rings (SSSR count). The molecule has 0 atom stereocenters. The summed E-state index contributed by atoms with van der Waals surface area (Å²) in [5.74, 6) is -0.191. The Hall–Kier alpha value is -3.47. The van der Waals surface area contributed by atoms with Crippen molar-refractivity contribution in [3.05, 3.63) is 96.1 Å². The van der Waals surface area contributed by atoms with Crippen LogP contribution in [-0.2, 0) is 5.54 Å². The first kappa shape index (κ1) is 16.7. The molecule has 138 valence electrons. The summed E-state index contributed by atoms with van der Waals surface area (Å²) in [6.45, 7) is 0. The number of aromatic nitrogens is 2. The van der Waals surface area contributed by atoms with E-state index in [-0.39, 0.29) is 17.3 Å². The Morgan fingerprint density at radius 1 is 0.964 bits per heavy atom. The van der Waals surface area contributed by atoms with Crippen molar-refractivity contribution in [2.75, 3.05) is 0 Å². The Kier molecular flexibility index (Phi) is 3.76. The number of nitrogens with one attached hydrogen (secondary N) is 1. The monoisotopic (exact) mass is 371 g/mol. The first-order chi connectivity index (χ1) is 13.7. The molecular formula is C23H18FN3O. The smallest absolute Gasteiger partial charge is 0.272 e. The molecule has 28 heavy (non-hydrogen) atoms. The number of hydrogen-bond donors (Lipinski definition) is 1. The normalized spacial score (nSPS) is 14.8. The van der Waals surface area contributed by atoms with Gasteiger partial charge in [0, 0.05) is 6.20 Å². The van der Waals surface area contributed by atoms with Crippen LogP contribution in [0.15, 0.2) is 79.0 Å². The quantitative estimate of drug-likeness (QED) is 0.572. The molecule has 0 spiro atoms. The number of rotatable bonds is 4. The number of pyridine rings is 1. The van der Waals surface area contributed by atoms with E-state index in [4.69, 9.17) is 0 Å². The Morgan fingerprint density at radius 2 is 1.68 bits per heavy atom. The summed E-state index contributed by atoms with van der Waals surface area (Å²) in [6, 6.07) is 22.0. The van der Waals surface area contributed by atoms with Gasteiger partial charge in [0.25, 0.3) is 5.91 Å². The third kappa shape index (κ3) is 2.67. The second kappa shape index (κ2) is 6.30.